The summed E-state index contributed by atoms with van der Waals surface area (Å²) in [6.07, 6.45) is 3.14. The molecule has 1 aliphatic rings. The predicted octanol–water partition coefficient (Wildman–Crippen LogP) is 0.306. The zero-order valence-corrected chi connectivity index (χ0v) is 9.09. The molecule has 1 rings (SSSR count). The third-order valence-electron chi connectivity index (χ3n) is 2.48. The highest BCUT2D eigenvalue weighted by atomic mass is 32.2. The second-order valence-electron chi connectivity index (χ2n) is 3.59. The molecule has 0 unspecified atom stereocenters. The van der Waals surface area contributed by atoms with Crippen LogP contribution in [0.25, 0.3) is 0 Å². The van der Waals surface area contributed by atoms with Crippen LogP contribution in [0, 0.1) is 5.41 Å². The lowest BCUT2D eigenvalue weighted by atomic mass is 9.69. The van der Waals surface area contributed by atoms with Crippen molar-refractivity contribution >= 4 is 16.1 Å². The molecule has 0 amide bonds. The first-order valence-corrected chi connectivity index (χ1v) is 6.14. The molecule has 0 aromatic heterocycles. The summed E-state index contributed by atoms with van der Waals surface area (Å²) in [6.45, 7) is -0.0987. The van der Waals surface area contributed by atoms with Crippen molar-refractivity contribution in [2.45, 2.75) is 19.3 Å². The van der Waals surface area contributed by atoms with Gasteiger partial charge in [0, 0.05) is 0 Å². The molecule has 1 fully saturated rings. The molecule has 1 saturated carbocycles. The van der Waals surface area contributed by atoms with Crippen LogP contribution in [0.15, 0.2) is 0 Å². The summed E-state index contributed by atoms with van der Waals surface area (Å²) in [6, 6.07) is 0. The first-order chi connectivity index (χ1) is 6.40. The Kier molecular flexibility index (Phi) is 3.16. The van der Waals surface area contributed by atoms with E-state index in [0.29, 0.717) is 12.8 Å². The van der Waals surface area contributed by atoms with Crippen molar-refractivity contribution in [1.82, 2.24) is 0 Å². The van der Waals surface area contributed by atoms with Crippen LogP contribution < -0.4 is 0 Å². The van der Waals surface area contributed by atoms with Crippen LogP contribution in [0.3, 0.4) is 0 Å². The van der Waals surface area contributed by atoms with Gasteiger partial charge in [0.2, 0.25) is 0 Å². The van der Waals surface area contributed by atoms with Crippen molar-refractivity contribution in [1.29, 1.82) is 0 Å². The number of carbonyl (C=O) groups is 1. The van der Waals surface area contributed by atoms with Crippen molar-refractivity contribution in [2.24, 2.45) is 5.41 Å². The van der Waals surface area contributed by atoms with Crippen LogP contribution in [0.2, 0.25) is 0 Å². The van der Waals surface area contributed by atoms with Gasteiger partial charge in [0.05, 0.1) is 25.4 Å². The quantitative estimate of drug-likeness (QED) is 0.505. The third-order valence-corrected chi connectivity index (χ3v) is 3.02. The maximum Gasteiger partial charge on any atom is 0.314 e. The summed E-state index contributed by atoms with van der Waals surface area (Å²) >= 11 is 0. The molecule has 0 atom stereocenters. The largest absolute Gasteiger partial charge is 0.469 e. The summed E-state index contributed by atoms with van der Waals surface area (Å²) in [5.41, 5.74) is -0.724. The van der Waals surface area contributed by atoms with Gasteiger partial charge in [-0.15, -0.1) is 0 Å². The molecule has 0 aliphatic heterocycles. The molecule has 0 N–H and O–H groups in total. The molecule has 6 heteroatoms. The fourth-order valence-corrected chi connectivity index (χ4v) is 1.89. The molecular formula is C8H14O5S. The SMILES string of the molecule is COC(=O)C1(COS(C)(=O)=O)CCC1. The average molecular weight is 222 g/mol. The number of carbonyl (C=O) groups excluding carboxylic acids is 1. The number of rotatable bonds is 4. The van der Waals surface area contributed by atoms with E-state index in [1.54, 1.807) is 0 Å². The van der Waals surface area contributed by atoms with Crippen LogP contribution in [-0.2, 0) is 23.8 Å². The first kappa shape index (κ1) is 11.5. The van der Waals surface area contributed by atoms with Gasteiger partial charge >= 0.3 is 5.97 Å². The summed E-state index contributed by atoms with van der Waals surface area (Å²) in [5.74, 6) is -0.382. The second-order valence-corrected chi connectivity index (χ2v) is 5.24. The van der Waals surface area contributed by atoms with E-state index in [2.05, 4.69) is 8.92 Å². The minimum atomic E-state index is -3.48. The maximum atomic E-state index is 11.3. The molecule has 0 bridgehead atoms. The van der Waals surface area contributed by atoms with E-state index in [0.717, 1.165) is 12.7 Å². The van der Waals surface area contributed by atoms with E-state index in [9.17, 15) is 13.2 Å². The molecule has 5 nitrogen and oxygen atoms in total. The van der Waals surface area contributed by atoms with Gasteiger partial charge in [-0.3, -0.25) is 8.98 Å². The predicted molar refractivity (Wildman–Crippen MR) is 49.1 cm³/mol. The van der Waals surface area contributed by atoms with E-state index in [-0.39, 0.29) is 12.6 Å². The normalized spacial score (nSPS) is 19.9. The van der Waals surface area contributed by atoms with E-state index in [1.165, 1.54) is 7.11 Å². The van der Waals surface area contributed by atoms with E-state index >= 15 is 0 Å². The lowest BCUT2D eigenvalue weighted by molar-refractivity contribution is -0.160. The number of hydrogen-bond acceptors (Lipinski definition) is 5. The Bertz CT molecular complexity index is 315. The Morgan fingerprint density at radius 1 is 1.43 bits per heavy atom. The molecule has 0 saturated heterocycles. The Labute approximate surface area is 83.5 Å². The maximum absolute atomic E-state index is 11.3. The summed E-state index contributed by atoms with van der Waals surface area (Å²) < 4.78 is 30.7. The van der Waals surface area contributed by atoms with Crippen molar-refractivity contribution in [3.8, 4) is 0 Å². The van der Waals surface area contributed by atoms with Gasteiger partial charge in [-0.2, -0.15) is 8.42 Å². The highest BCUT2D eigenvalue weighted by Gasteiger charge is 2.46. The minimum absolute atomic E-state index is 0.0987. The van der Waals surface area contributed by atoms with Crippen LogP contribution in [0.5, 0.6) is 0 Å². The van der Waals surface area contributed by atoms with Crippen molar-refractivity contribution < 1.29 is 22.1 Å². The Morgan fingerprint density at radius 3 is 2.29 bits per heavy atom. The summed E-state index contributed by atoms with van der Waals surface area (Å²) in [4.78, 5) is 11.3. The van der Waals surface area contributed by atoms with Gasteiger partial charge in [-0.1, -0.05) is 6.42 Å². The fourth-order valence-electron chi connectivity index (χ4n) is 1.45. The number of hydrogen-bond donors (Lipinski definition) is 0. The van der Waals surface area contributed by atoms with Crippen LogP contribution in [-0.4, -0.2) is 34.4 Å². The molecule has 0 radical (unpaired) electrons. The lowest BCUT2D eigenvalue weighted by Gasteiger charge is -2.37. The Balaban J connectivity index is 2.59. The van der Waals surface area contributed by atoms with E-state index in [1.807, 2.05) is 0 Å². The van der Waals surface area contributed by atoms with Gasteiger partial charge < -0.3 is 4.74 Å². The average Bonchev–Trinajstić information content (AvgIpc) is 1.99. The Morgan fingerprint density at radius 2 is 2.00 bits per heavy atom. The molecule has 82 valence electrons. The second kappa shape index (κ2) is 3.86. The van der Waals surface area contributed by atoms with Gasteiger partial charge in [-0.05, 0) is 12.8 Å². The molecule has 0 spiro atoms. The lowest BCUT2D eigenvalue weighted by Crippen LogP contribution is -2.43. The van der Waals surface area contributed by atoms with E-state index in [4.69, 9.17) is 0 Å². The van der Waals surface area contributed by atoms with Crippen LogP contribution >= 0.6 is 0 Å². The monoisotopic (exact) mass is 222 g/mol. The molecule has 14 heavy (non-hydrogen) atoms. The van der Waals surface area contributed by atoms with Gasteiger partial charge in [0.1, 0.15) is 0 Å². The highest BCUT2D eigenvalue weighted by molar-refractivity contribution is 7.85. The van der Waals surface area contributed by atoms with Gasteiger partial charge in [0.25, 0.3) is 10.1 Å². The topological polar surface area (TPSA) is 69.7 Å². The molecular weight excluding hydrogens is 208 g/mol. The number of ether oxygens (including phenoxy) is 1. The zero-order valence-electron chi connectivity index (χ0n) is 8.28. The third kappa shape index (κ3) is 2.45. The number of esters is 1. The molecule has 0 aromatic rings. The fraction of sp³-hybridized carbons (Fsp3) is 0.875. The van der Waals surface area contributed by atoms with Crippen LogP contribution in [0.4, 0.5) is 0 Å². The highest BCUT2D eigenvalue weighted by Crippen LogP contribution is 2.42. The molecule has 0 aromatic carbocycles. The first-order valence-electron chi connectivity index (χ1n) is 4.32. The van der Waals surface area contributed by atoms with Crippen molar-refractivity contribution in [3.63, 3.8) is 0 Å². The zero-order chi connectivity index (χ0) is 10.8. The summed E-state index contributed by atoms with van der Waals surface area (Å²) in [7, 11) is -2.19. The van der Waals surface area contributed by atoms with Crippen molar-refractivity contribution in [2.75, 3.05) is 20.0 Å². The molecule has 0 heterocycles. The standard InChI is InChI=1S/C8H14O5S/c1-12-7(9)8(4-3-5-8)6-13-14(2,10)11/h3-6H2,1-2H3. The van der Waals surface area contributed by atoms with Gasteiger partial charge in [-0.25, -0.2) is 0 Å². The molecule has 1 aliphatic carbocycles. The van der Waals surface area contributed by atoms with Gasteiger partial charge in [0.15, 0.2) is 0 Å². The van der Waals surface area contributed by atoms with Crippen molar-refractivity contribution in [3.05, 3.63) is 0 Å². The minimum Gasteiger partial charge on any atom is -0.469 e. The summed E-state index contributed by atoms with van der Waals surface area (Å²) in [5, 5.41) is 0. The Hall–Kier alpha value is -0.620. The van der Waals surface area contributed by atoms with E-state index < -0.39 is 15.5 Å². The smallest absolute Gasteiger partial charge is 0.314 e. The van der Waals surface area contributed by atoms with Crippen LogP contribution in [0.1, 0.15) is 19.3 Å². The number of methoxy groups -OCH3 is 1.